The molecule has 5 heteroatoms. The number of halogens is 1. The Labute approximate surface area is 136 Å². The minimum Gasteiger partial charge on any atom is -0.286 e. The van der Waals surface area contributed by atoms with Crippen LogP contribution in [0.2, 0.25) is 0 Å². The van der Waals surface area contributed by atoms with E-state index in [2.05, 4.69) is 0 Å². The van der Waals surface area contributed by atoms with Gasteiger partial charge in [0.05, 0.1) is 5.75 Å². The summed E-state index contributed by atoms with van der Waals surface area (Å²) >= 11 is 5.63. The number of unbranched alkanes of at least 4 members (excludes halogenated alkanes) is 13. The van der Waals surface area contributed by atoms with Gasteiger partial charge < -0.3 is 0 Å². The largest absolute Gasteiger partial charge is 0.286 e. The van der Waals surface area contributed by atoms with E-state index in [0.29, 0.717) is 6.42 Å². The first-order chi connectivity index (χ1) is 10.1. The molecule has 0 spiro atoms. The standard InChI is InChI=1S/C16H33ClO3S/c17-15-13-11-9-7-5-3-1-2-4-6-8-10-12-14-16-21(18,19)20/h1-16H2,(H,18,19,20). The molecule has 1 N–H and O–H groups in total. The van der Waals surface area contributed by atoms with E-state index in [1.807, 2.05) is 0 Å². The van der Waals surface area contributed by atoms with Gasteiger partial charge in [-0.3, -0.25) is 4.55 Å². The van der Waals surface area contributed by atoms with Crippen LogP contribution >= 0.6 is 11.6 Å². The van der Waals surface area contributed by atoms with Crippen molar-refractivity contribution >= 4 is 21.7 Å². The lowest BCUT2D eigenvalue weighted by Gasteiger charge is -2.03. The number of alkyl halides is 1. The van der Waals surface area contributed by atoms with Gasteiger partial charge in [-0.1, -0.05) is 77.0 Å². The van der Waals surface area contributed by atoms with Crippen molar-refractivity contribution in [1.29, 1.82) is 0 Å². The fraction of sp³-hybridized carbons (Fsp3) is 1.00. The highest BCUT2D eigenvalue weighted by atomic mass is 35.5. The fourth-order valence-corrected chi connectivity index (χ4v) is 3.26. The number of hydrogen-bond donors (Lipinski definition) is 1. The molecule has 0 bridgehead atoms. The second-order valence-electron chi connectivity index (χ2n) is 5.92. The average molecular weight is 341 g/mol. The molecule has 0 aromatic rings. The van der Waals surface area contributed by atoms with Gasteiger partial charge in [0, 0.05) is 5.88 Å². The molecule has 0 aromatic carbocycles. The van der Waals surface area contributed by atoms with Crippen LogP contribution in [0.15, 0.2) is 0 Å². The van der Waals surface area contributed by atoms with Crippen molar-refractivity contribution in [2.75, 3.05) is 11.6 Å². The summed E-state index contributed by atoms with van der Waals surface area (Å²) in [4.78, 5) is 0. The predicted octanol–water partition coefficient (Wildman–Crippen LogP) is 5.57. The van der Waals surface area contributed by atoms with Crippen molar-refractivity contribution in [3.63, 3.8) is 0 Å². The van der Waals surface area contributed by atoms with E-state index in [9.17, 15) is 8.42 Å². The van der Waals surface area contributed by atoms with Crippen LogP contribution in [-0.2, 0) is 10.1 Å². The highest BCUT2D eigenvalue weighted by Crippen LogP contribution is 2.13. The molecule has 0 aliphatic heterocycles. The monoisotopic (exact) mass is 340 g/mol. The van der Waals surface area contributed by atoms with Gasteiger partial charge in [-0.05, 0) is 12.8 Å². The van der Waals surface area contributed by atoms with Crippen molar-refractivity contribution < 1.29 is 13.0 Å². The lowest BCUT2D eigenvalue weighted by Crippen LogP contribution is -2.03. The van der Waals surface area contributed by atoms with Crippen molar-refractivity contribution in [1.82, 2.24) is 0 Å². The Hall–Kier alpha value is 0.200. The van der Waals surface area contributed by atoms with Crippen LogP contribution in [0.5, 0.6) is 0 Å². The highest BCUT2D eigenvalue weighted by Gasteiger charge is 2.02. The summed E-state index contributed by atoms with van der Waals surface area (Å²) in [6, 6.07) is 0. The molecule has 0 heterocycles. The summed E-state index contributed by atoms with van der Waals surface area (Å²) in [5, 5.41) is 0. The summed E-state index contributed by atoms with van der Waals surface area (Å²) in [7, 11) is -3.75. The predicted molar refractivity (Wildman–Crippen MR) is 91.8 cm³/mol. The minimum atomic E-state index is -3.75. The minimum absolute atomic E-state index is 0.0854. The smallest absolute Gasteiger partial charge is 0.264 e. The Balaban J connectivity index is 3.03. The maximum atomic E-state index is 10.5. The first kappa shape index (κ1) is 21.2. The summed E-state index contributed by atoms with van der Waals surface area (Å²) in [5.41, 5.74) is 0. The SMILES string of the molecule is O=S(=O)(O)CCCCCCCCCCCCCCCCCl. The summed E-state index contributed by atoms with van der Waals surface area (Å²) in [6.07, 6.45) is 16.8. The van der Waals surface area contributed by atoms with E-state index in [1.54, 1.807) is 0 Å². The van der Waals surface area contributed by atoms with Gasteiger partial charge in [0.1, 0.15) is 0 Å². The van der Waals surface area contributed by atoms with Crippen LogP contribution in [0.1, 0.15) is 89.9 Å². The zero-order valence-corrected chi connectivity index (χ0v) is 14.9. The van der Waals surface area contributed by atoms with Crippen molar-refractivity contribution in [3.8, 4) is 0 Å². The maximum Gasteiger partial charge on any atom is 0.264 e. The normalized spacial score (nSPS) is 11.9. The lowest BCUT2D eigenvalue weighted by molar-refractivity contribution is 0.478. The highest BCUT2D eigenvalue weighted by molar-refractivity contribution is 7.85. The Bertz CT molecular complexity index is 305. The zero-order valence-electron chi connectivity index (χ0n) is 13.4. The fourth-order valence-electron chi connectivity index (χ4n) is 2.50. The summed E-state index contributed by atoms with van der Waals surface area (Å²) in [6.45, 7) is 0. The van der Waals surface area contributed by atoms with Gasteiger partial charge in [0.25, 0.3) is 10.1 Å². The van der Waals surface area contributed by atoms with Gasteiger partial charge in [-0.2, -0.15) is 8.42 Å². The Morgan fingerprint density at radius 2 is 0.857 bits per heavy atom. The molecule has 0 aliphatic carbocycles. The quantitative estimate of drug-likeness (QED) is 0.227. The zero-order chi connectivity index (χ0) is 15.8. The number of hydrogen-bond acceptors (Lipinski definition) is 2. The van der Waals surface area contributed by atoms with Crippen LogP contribution in [0.4, 0.5) is 0 Å². The van der Waals surface area contributed by atoms with Gasteiger partial charge in [-0.25, -0.2) is 0 Å². The van der Waals surface area contributed by atoms with Crippen molar-refractivity contribution in [2.45, 2.75) is 89.9 Å². The van der Waals surface area contributed by atoms with E-state index >= 15 is 0 Å². The Morgan fingerprint density at radius 3 is 1.14 bits per heavy atom. The molecular weight excluding hydrogens is 308 g/mol. The maximum absolute atomic E-state index is 10.5. The van der Waals surface area contributed by atoms with Crippen LogP contribution in [-0.4, -0.2) is 24.6 Å². The molecule has 0 saturated heterocycles. The average Bonchev–Trinajstić information content (AvgIpc) is 2.42. The van der Waals surface area contributed by atoms with Gasteiger partial charge in [-0.15, -0.1) is 11.6 Å². The second kappa shape index (κ2) is 15.1. The first-order valence-corrected chi connectivity index (χ1v) is 10.7. The lowest BCUT2D eigenvalue weighted by atomic mass is 10.0. The molecule has 128 valence electrons. The third kappa shape index (κ3) is 20.2. The molecule has 0 aromatic heterocycles. The van der Waals surface area contributed by atoms with E-state index < -0.39 is 10.1 Å². The second-order valence-corrected chi connectivity index (χ2v) is 7.87. The summed E-state index contributed by atoms with van der Waals surface area (Å²) in [5.74, 6) is 0.716. The number of rotatable bonds is 16. The first-order valence-electron chi connectivity index (χ1n) is 8.57. The molecule has 3 nitrogen and oxygen atoms in total. The molecule has 0 radical (unpaired) electrons. The van der Waals surface area contributed by atoms with Crippen molar-refractivity contribution in [3.05, 3.63) is 0 Å². The van der Waals surface area contributed by atoms with Crippen molar-refractivity contribution in [2.24, 2.45) is 0 Å². The van der Waals surface area contributed by atoms with Crippen LogP contribution in [0.3, 0.4) is 0 Å². The third-order valence-electron chi connectivity index (χ3n) is 3.79. The summed E-state index contributed by atoms with van der Waals surface area (Å²) < 4.78 is 29.6. The van der Waals surface area contributed by atoms with Crippen LogP contribution < -0.4 is 0 Å². The van der Waals surface area contributed by atoms with Gasteiger partial charge >= 0.3 is 0 Å². The van der Waals surface area contributed by atoms with E-state index in [1.165, 1.54) is 64.2 Å². The molecule has 0 fully saturated rings. The van der Waals surface area contributed by atoms with Gasteiger partial charge in [0.15, 0.2) is 0 Å². The molecular formula is C16H33ClO3S. The molecule has 0 unspecified atom stereocenters. The molecule has 0 saturated carbocycles. The molecule has 0 aliphatic rings. The molecule has 21 heavy (non-hydrogen) atoms. The van der Waals surface area contributed by atoms with Crippen LogP contribution in [0, 0.1) is 0 Å². The van der Waals surface area contributed by atoms with E-state index in [-0.39, 0.29) is 5.75 Å². The van der Waals surface area contributed by atoms with Crippen LogP contribution in [0.25, 0.3) is 0 Å². The third-order valence-corrected chi connectivity index (χ3v) is 4.86. The molecule has 0 atom stereocenters. The Kier molecular flexibility index (Phi) is 15.3. The van der Waals surface area contributed by atoms with Gasteiger partial charge in [0.2, 0.25) is 0 Å². The van der Waals surface area contributed by atoms with E-state index in [0.717, 1.165) is 25.1 Å². The topological polar surface area (TPSA) is 54.4 Å². The Morgan fingerprint density at radius 1 is 0.571 bits per heavy atom. The van der Waals surface area contributed by atoms with E-state index in [4.69, 9.17) is 16.2 Å². The molecule has 0 rings (SSSR count). The molecule has 0 amide bonds.